The number of carboxylic acids is 2. The molecule has 0 heterocycles. The zero-order valence-corrected chi connectivity index (χ0v) is 15.1. The van der Waals surface area contributed by atoms with Gasteiger partial charge in [0.25, 0.3) is 0 Å². The Bertz CT molecular complexity index is 553. The lowest BCUT2D eigenvalue weighted by Gasteiger charge is -2.23. The summed E-state index contributed by atoms with van der Waals surface area (Å²) in [6.45, 7) is 1.00. The molecule has 0 aromatic carbocycles. The summed E-state index contributed by atoms with van der Waals surface area (Å²) in [5, 5.41) is 24.3. The third kappa shape index (κ3) is 10.8. The molecule has 0 spiro atoms. The molecule has 27 heavy (non-hydrogen) atoms. The van der Waals surface area contributed by atoms with Gasteiger partial charge in [-0.2, -0.15) is 0 Å². The summed E-state index contributed by atoms with van der Waals surface area (Å²) >= 11 is 0. The molecule has 0 radical (unpaired) electrons. The fourth-order valence-electron chi connectivity index (χ4n) is 1.99. The maximum absolute atomic E-state index is 12.4. The van der Waals surface area contributed by atoms with Gasteiger partial charge in [-0.25, -0.2) is 0 Å². The van der Waals surface area contributed by atoms with Crippen LogP contribution in [-0.4, -0.2) is 71.1 Å². The van der Waals surface area contributed by atoms with Crippen molar-refractivity contribution < 1.29 is 34.2 Å². The number of carboxylic acid groups (broad SMARTS) is 2. The van der Waals surface area contributed by atoms with E-state index >= 15 is 0 Å². The van der Waals surface area contributed by atoms with Crippen LogP contribution in [0.4, 0.5) is 0 Å². The molecule has 0 unspecified atom stereocenters. The first-order valence-electron chi connectivity index (χ1n) is 8.36. The van der Waals surface area contributed by atoms with Crippen LogP contribution in [0.1, 0.15) is 32.6 Å². The lowest BCUT2D eigenvalue weighted by atomic mass is 10.1. The molecular weight excluding hydrogens is 362 g/mol. The summed E-state index contributed by atoms with van der Waals surface area (Å²) in [6, 6.07) is -3.22. The van der Waals surface area contributed by atoms with Crippen LogP contribution in [0.15, 0.2) is 0 Å². The van der Waals surface area contributed by atoms with Crippen LogP contribution in [0.5, 0.6) is 0 Å². The number of hydrogen-bond acceptors (Lipinski definition) is 7. The molecule has 0 aliphatic carbocycles. The van der Waals surface area contributed by atoms with E-state index in [-0.39, 0.29) is 19.4 Å². The molecule has 0 aliphatic heterocycles. The summed E-state index contributed by atoms with van der Waals surface area (Å²) in [5.41, 5.74) is 10.8. The van der Waals surface area contributed by atoms with Crippen LogP contribution >= 0.6 is 0 Å². The Labute approximate surface area is 156 Å². The monoisotopic (exact) mass is 389 g/mol. The molecule has 0 bridgehead atoms. The Morgan fingerprint density at radius 2 is 1.44 bits per heavy atom. The van der Waals surface area contributed by atoms with Crippen LogP contribution in [0.3, 0.4) is 0 Å². The molecule has 12 nitrogen and oxygen atoms in total. The van der Waals surface area contributed by atoms with Crippen molar-refractivity contribution in [2.45, 2.75) is 50.7 Å². The maximum Gasteiger partial charge on any atom is 0.322 e. The van der Waals surface area contributed by atoms with Crippen molar-refractivity contribution >= 4 is 29.7 Å². The summed E-state index contributed by atoms with van der Waals surface area (Å²) in [5.74, 6) is -4.58. The first-order chi connectivity index (χ1) is 12.6. The molecule has 0 aromatic rings. The van der Waals surface area contributed by atoms with E-state index in [2.05, 4.69) is 16.0 Å². The molecule has 12 heteroatoms. The van der Waals surface area contributed by atoms with E-state index in [1.54, 1.807) is 0 Å². The number of rotatable bonds is 13. The van der Waals surface area contributed by atoms with Gasteiger partial charge in [0, 0.05) is 6.42 Å². The Balaban J connectivity index is 5.12. The van der Waals surface area contributed by atoms with Crippen LogP contribution in [0.25, 0.3) is 0 Å². The maximum atomic E-state index is 12.4. The van der Waals surface area contributed by atoms with Gasteiger partial charge in [-0.3, -0.25) is 24.0 Å². The number of nitrogens with one attached hydrogen (secondary N) is 3. The van der Waals surface area contributed by atoms with Crippen LogP contribution in [0.2, 0.25) is 0 Å². The molecule has 0 rings (SSSR count). The van der Waals surface area contributed by atoms with E-state index < -0.39 is 60.8 Å². The van der Waals surface area contributed by atoms with Gasteiger partial charge in [0.1, 0.15) is 18.6 Å². The predicted octanol–water partition coefficient (Wildman–Crippen LogP) is -2.89. The third-order valence-corrected chi connectivity index (χ3v) is 3.44. The van der Waals surface area contributed by atoms with Crippen molar-refractivity contribution in [3.8, 4) is 0 Å². The van der Waals surface area contributed by atoms with Gasteiger partial charge in [-0.05, 0) is 32.7 Å². The fraction of sp³-hybridized carbons (Fsp3) is 0.667. The number of aliphatic carboxylic acids is 2. The third-order valence-electron chi connectivity index (χ3n) is 3.44. The number of carbonyl (C=O) groups excluding carboxylic acids is 3. The van der Waals surface area contributed by atoms with Crippen molar-refractivity contribution in [2.24, 2.45) is 11.5 Å². The highest BCUT2D eigenvalue weighted by Crippen LogP contribution is 2.03. The molecule has 154 valence electrons. The first kappa shape index (κ1) is 24.3. The van der Waals surface area contributed by atoms with E-state index in [1.165, 1.54) is 6.92 Å². The summed E-state index contributed by atoms with van der Waals surface area (Å²) in [6.07, 6.45) is -0.0893. The minimum Gasteiger partial charge on any atom is -0.481 e. The van der Waals surface area contributed by atoms with Crippen LogP contribution in [0, 0.1) is 0 Å². The largest absolute Gasteiger partial charge is 0.481 e. The van der Waals surface area contributed by atoms with Gasteiger partial charge in [0.05, 0.1) is 6.04 Å². The summed E-state index contributed by atoms with van der Waals surface area (Å²) in [4.78, 5) is 57.6. The Kier molecular flexibility index (Phi) is 11.3. The standard InChI is InChI=1S/C15H27N5O7/c1-8(17)13(25)19-10(4-5-11(21)22)15(27)20-9(3-2-6-16)14(26)18-7-12(23)24/h8-10H,2-7,16-17H2,1H3,(H,18,26)(H,19,25)(H,20,27)(H,21,22)(H,23,24)/t8-,9-,10-/m0/s1. The molecule has 0 aliphatic rings. The second kappa shape index (κ2) is 12.6. The van der Waals surface area contributed by atoms with E-state index in [0.29, 0.717) is 6.42 Å². The van der Waals surface area contributed by atoms with E-state index in [9.17, 15) is 24.0 Å². The normalized spacial score (nSPS) is 13.7. The van der Waals surface area contributed by atoms with Gasteiger partial charge < -0.3 is 37.6 Å². The van der Waals surface area contributed by atoms with Crippen molar-refractivity contribution in [1.29, 1.82) is 0 Å². The average molecular weight is 389 g/mol. The van der Waals surface area contributed by atoms with Crippen LogP contribution in [-0.2, 0) is 24.0 Å². The molecule has 3 amide bonds. The Morgan fingerprint density at radius 1 is 0.889 bits per heavy atom. The molecule has 9 N–H and O–H groups in total. The highest BCUT2D eigenvalue weighted by Gasteiger charge is 2.27. The number of amides is 3. The quantitative estimate of drug-likeness (QED) is 0.172. The average Bonchev–Trinajstić information content (AvgIpc) is 2.59. The van der Waals surface area contributed by atoms with Gasteiger partial charge in [0.2, 0.25) is 17.7 Å². The van der Waals surface area contributed by atoms with Crippen molar-refractivity contribution in [3.05, 3.63) is 0 Å². The minimum absolute atomic E-state index is 0.139. The molecule has 0 saturated carbocycles. The molecule has 0 fully saturated rings. The topological polar surface area (TPSA) is 214 Å². The van der Waals surface area contributed by atoms with E-state index in [4.69, 9.17) is 21.7 Å². The van der Waals surface area contributed by atoms with Crippen LogP contribution < -0.4 is 27.4 Å². The highest BCUT2D eigenvalue weighted by atomic mass is 16.4. The highest BCUT2D eigenvalue weighted by molar-refractivity contribution is 5.93. The van der Waals surface area contributed by atoms with Crippen molar-refractivity contribution in [3.63, 3.8) is 0 Å². The van der Waals surface area contributed by atoms with Gasteiger partial charge in [0.15, 0.2) is 0 Å². The number of hydrogen-bond donors (Lipinski definition) is 7. The fourth-order valence-corrected chi connectivity index (χ4v) is 1.99. The Morgan fingerprint density at radius 3 is 1.93 bits per heavy atom. The van der Waals surface area contributed by atoms with Crippen molar-refractivity contribution in [2.75, 3.05) is 13.1 Å². The second-order valence-corrected chi connectivity index (χ2v) is 5.89. The summed E-state index contributed by atoms with van der Waals surface area (Å²) in [7, 11) is 0. The van der Waals surface area contributed by atoms with E-state index in [1.807, 2.05) is 0 Å². The zero-order chi connectivity index (χ0) is 21.0. The smallest absolute Gasteiger partial charge is 0.322 e. The SMILES string of the molecule is C[C@H](N)C(=O)N[C@@H](CCC(=O)O)C(=O)N[C@@H](CCCN)C(=O)NCC(=O)O. The minimum atomic E-state index is -1.25. The molecule has 3 atom stereocenters. The molecule has 0 aromatic heterocycles. The van der Waals surface area contributed by atoms with Gasteiger partial charge in [-0.1, -0.05) is 0 Å². The van der Waals surface area contributed by atoms with Gasteiger partial charge in [-0.15, -0.1) is 0 Å². The lowest BCUT2D eigenvalue weighted by Crippen LogP contribution is -2.55. The number of carbonyl (C=O) groups is 5. The van der Waals surface area contributed by atoms with Gasteiger partial charge >= 0.3 is 11.9 Å². The lowest BCUT2D eigenvalue weighted by molar-refractivity contribution is -0.138. The predicted molar refractivity (Wildman–Crippen MR) is 93.3 cm³/mol. The molecular formula is C15H27N5O7. The zero-order valence-electron chi connectivity index (χ0n) is 15.1. The van der Waals surface area contributed by atoms with E-state index in [0.717, 1.165) is 0 Å². The number of nitrogens with two attached hydrogens (primary N) is 2. The first-order valence-corrected chi connectivity index (χ1v) is 8.36. The summed E-state index contributed by atoms with van der Waals surface area (Å²) < 4.78 is 0. The second-order valence-electron chi connectivity index (χ2n) is 5.89. The van der Waals surface area contributed by atoms with Crippen molar-refractivity contribution in [1.82, 2.24) is 16.0 Å². The Hall–Kier alpha value is -2.73. The molecule has 0 saturated heterocycles.